The van der Waals surface area contributed by atoms with Gasteiger partial charge in [-0.3, -0.25) is 24.4 Å². The van der Waals surface area contributed by atoms with Crippen LogP contribution in [0, 0.1) is 12.8 Å². The van der Waals surface area contributed by atoms with Crippen LogP contribution in [0.15, 0.2) is 60.8 Å². The molecule has 0 saturated heterocycles. The van der Waals surface area contributed by atoms with Crippen LogP contribution in [0.2, 0.25) is 0 Å². The van der Waals surface area contributed by atoms with E-state index in [-0.39, 0.29) is 24.4 Å². The zero-order chi connectivity index (χ0) is 37.1. The molecule has 5 aromatic rings. The van der Waals surface area contributed by atoms with Crippen molar-refractivity contribution < 1.29 is 22.8 Å². The van der Waals surface area contributed by atoms with Crippen LogP contribution in [-0.4, -0.2) is 58.2 Å². The van der Waals surface area contributed by atoms with Gasteiger partial charge >= 0.3 is 0 Å². The molecule has 0 radical (unpaired) electrons. The standard InChI is InChI=1S/C38H42N8O5S2/c1-24-29(21-40-46(24)22-25-9-3-2-4-10-25)27-16-17-34(42-35(27)37(49)44-53(50,51)20-8-15-33(39)47)45-19-18-26-11-7-12-28(30(26)23-45)36(48)43-38-41-31-13-5-6-14-32(31)52-38/h5-7,11-14,16-17,21,25H,2-4,8-10,15,18-20,22-23H2,1H3,(H2,39,47)(H,44,49)(H,41,43,48). The fourth-order valence-corrected chi connectivity index (χ4v) is 9.15. The molecule has 15 heteroatoms. The molecule has 4 heterocycles. The lowest BCUT2D eigenvalue weighted by atomic mass is 9.89. The van der Waals surface area contributed by atoms with Crippen LogP contribution in [0.5, 0.6) is 0 Å². The van der Waals surface area contributed by atoms with Crippen molar-refractivity contribution in [2.24, 2.45) is 11.7 Å². The van der Waals surface area contributed by atoms with Crippen molar-refractivity contribution in [2.75, 3.05) is 22.5 Å². The first-order chi connectivity index (χ1) is 25.5. The summed E-state index contributed by atoms with van der Waals surface area (Å²) in [7, 11) is -4.11. The Hall–Kier alpha value is -5.15. The number of nitrogens with one attached hydrogen (secondary N) is 2. The predicted molar refractivity (Wildman–Crippen MR) is 205 cm³/mol. The Morgan fingerprint density at radius 2 is 1.77 bits per heavy atom. The van der Waals surface area contributed by atoms with Crippen molar-refractivity contribution in [1.29, 1.82) is 0 Å². The van der Waals surface area contributed by atoms with E-state index in [9.17, 15) is 22.8 Å². The maximum absolute atomic E-state index is 13.9. The number of fused-ring (bicyclic) bond motifs is 2. The number of sulfonamides is 1. The highest BCUT2D eigenvalue weighted by Crippen LogP contribution is 2.33. The van der Waals surface area contributed by atoms with E-state index in [2.05, 4.69) is 20.1 Å². The first kappa shape index (κ1) is 36.2. The lowest BCUT2D eigenvalue weighted by Gasteiger charge is -2.31. The normalized spacial score (nSPS) is 14.9. The summed E-state index contributed by atoms with van der Waals surface area (Å²) in [6, 6.07) is 17.0. The van der Waals surface area contributed by atoms with Crippen molar-refractivity contribution in [1.82, 2.24) is 24.5 Å². The van der Waals surface area contributed by atoms with Crippen LogP contribution in [0.1, 0.15) is 82.6 Å². The van der Waals surface area contributed by atoms with Gasteiger partial charge in [0.2, 0.25) is 15.9 Å². The highest BCUT2D eigenvalue weighted by atomic mass is 32.2. The molecule has 1 aliphatic heterocycles. The molecule has 13 nitrogen and oxygen atoms in total. The second-order valence-electron chi connectivity index (χ2n) is 13.8. The molecule has 1 aliphatic carbocycles. The molecular weight excluding hydrogens is 713 g/mol. The van der Waals surface area contributed by atoms with Crippen molar-refractivity contribution in [3.8, 4) is 11.1 Å². The van der Waals surface area contributed by atoms with E-state index in [0.717, 1.165) is 46.4 Å². The van der Waals surface area contributed by atoms with Gasteiger partial charge in [0.1, 0.15) is 11.5 Å². The molecule has 1 saturated carbocycles. The molecule has 2 aromatic carbocycles. The Morgan fingerprint density at radius 1 is 0.962 bits per heavy atom. The van der Waals surface area contributed by atoms with E-state index >= 15 is 0 Å². The third kappa shape index (κ3) is 8.25. The number of aromatic nitrogens is 4. The van der Waals surface area contributed by atoms with Gasteiger partial charge in [-0.1, -0.05) is 54.9 Å². The zero-order valence-corrected chi connectivity index (χ0v) is 31.1. The number of benzene rings is 2. The van der Waals surface area contributed by atoms with Gasteiger partial charge in [-0.25, -0.2) is 23.1 Å². The summed E-state index contributed by atoms with van der Waals surface area (Å²) < 4.78 is 31.0. The van der Waals surface area contributed by atoms with Gasteiger partial charge < -0.3 is 10.6 Å². The van der Waals surface area contributed by atoms with Crippen LogP contribution < -0.4 is 20.7 Å². The molecule has 0 bridgehead atoms. The molecule has 2 aliphatic rings. The zero-order valence-electron chi connectivity index (χ0n) is 29.5. The maximum Gasteiger partial charge on any atom is 0.284 e. The fourth-order valence-electron chi connectivity index (χ4n) is 7.28. The van der Waals surface area contributed by atoms with Gasteiger partial charge in [0.15, 0.2) is 5.13 Å². The van der Waals surface area contributed by atoms with Gasteiger partial charge in [0.25, 0.3) is 11.8 Å². The Labute approximate surface area is 312 Å². The third-order valence-electron chi connectivity index (χ3n) is 10.1. The quantitative estimate of drug-likeness (QED) is 0.146. The van der Waals surface area contributed by atoms with Gasteiger partial charge in [-0.2, -0.15) is 5.10 Å². The Bertz CT molecular complexity index is 2260. The number of carbonyl (C=O) groups excluding carboxylic acids is 3. The van der Waals surface area contributed by atoms with E-state index in [0.29, 0.717) is 53.1 Å². The van der Waals surface area contributed by atoms with E-state index in [4.69, 9.17) is 10.7 Å². The summed E-state index contributed by atoms with van der Waals surface area (Å²) >= 11 is 1.41. The average Bonchev–Trinajstić information content (AvgIpc) is 3.72. The molecule has 53 heavy (non-hydrogen) atoms. The number of para-hydroxylation sites is 1. The highest BCUT2D eigenvalue weighted by molar-refractivity contribution is 7.90. The first-order valence-electron chi connectivity index (χ1n) is 17.9. The Kier molecular flexibility index (Phi) is 10.6. The number of thiazole rings is 1. The van der Waals surface area contributed by atoms with Gasteiger partial charge in [0, 0.05) is 48.4 Å². The van der Waals surface area contributed by atoms with Gasteiger partial charge in [0.05, 0.1) is 22.2 Å². The number of hydrogen-bond donors (Lipinski definition) is 3. The van der Waals surface area contributed by atoms with Crippen LogP contribution in [0.25, 0.3) is 21.3 Å². The van der Waals surface area contributed by atoms with Crippen LogP contribution in [-0.2, 0) is 34.3 Å². The number of nitrogens with zero attached hydrogens (tertiary/aromatic N) is 5. The van der Waals surface area contributed by atoms with Gasteiger partial charge in [-0.05, 0) is 80.0 Å². The van der Waals surface area contributed by atoms with Crippen molar-refractivity contribution in [3.63, 3.8) is 0 Å². The predicted octanol–water partition coefficient (Wildman–Crippen LogP) is 5.58. The number of hydrogen-bond acceptors (Lipinski definition) is 10. The minimum Gasteiger partial charge on any atom is -0.370 e. The van der Waals surface area contributed by atoms with Crippen molar-refractivity contribution in [2.45, 2.75) is 71.4 Å². The number of rotatable bonds is 12. The number of anilines is 2. The van der Waals surface area contributed by atoms with Crippen LogP contribution in [0.3, 0.4) is 0 Å². The molecular formula is C38H42N8O5S2. The number of pyridine rings is 1. The summed E-state index contributed by atoms with van der Waals surface area (Å²) in [5, 5.41) is 8.15. The summed E-state index contributed by atoms with van der Waals surface area (Å²) in [5.74, 6) is -1.23. The highest BCUT2D eigenvalue weighted by Gasteiger charge is 2.28. The molecule has 1 fully saturated rings. The van der Waals surface area contributed by atoms with Crippen LogP contribution in [0.4, 0.5) is 10.9 Å². The number of carbonyl (C=O) groups is 3. The largest absolute Gasteiger partial charge is 0.370 e. The molecule has 0 unspecified atom stereocenters. The third-order valence-corrected chi connectivity index (χ3v) is 12.4. The lowest BCUT2D eigenvalue weighted by molar-refractivity contribution is -0.118. The molecule has 3 aromatic heterocycles. The average molecular weight is 755 g/mol. The van der Waals surface area contributed by atoms with Gasteiger partial charge in [-0.15, -0.1) is 0 Å². The summed E-state index contributed by atoms with van der Waals surface area (Å²) in [6.45, 7) is 3.63. The number of amides is 3. The van der Waals surface area contributed by atoms with Crippen molar-refractivity contribution in [3.05, 3.63) is 88.9 Å². The smallest absolute Gasteiger partial charge is 0.284 e. The Balaban J connectivity index is 1.18. The topological polar surface area (TPSA) is 182 Å². The van der Waals surface area contributed by atoms with E-state index in [1.165, 1.54) is 30.6 Å². The minimum atomic E-state index is -4.11. The minimum absolute atomic E-state index is 0.0205. The monoisotopic (exact) mass is 754 g/mol. The summed E-state index contributed by atoms with van der Waals surface area (Å²) in [4.78, 5) is 50.1. The molecule has 276 valence electrons. The van der Waals surface area contributed by atoms with E-state index in [1.807, 2.05) is 59.0 Å². The number of primary amides is 1. The van der Waals surface area contributed by atoms with E-state index in [1.54, 1.807) is 18.3 Å². The summed E-state index contributed by atoms with van der Waals surface area (Å²) in [6.07, 6.45) is 8.16. The Morgan fingerprint density at radius 3 is 2.57 bits per heavy atom. The summed E-state index contributed by atoms with van der Waals surface area (Å²) in [5.41, 5.74) is 10.4. The molecule has 4 N–H and O–H groups in total. The molecule has 7 rings (SSSR count). The first-order valence-corrected chi connectivity index (χ1v) is 20.4. The second kappa shape index (κ2) is 15.4. The second-order valence-corrected chi connectivity index (χ2v) is 16.6. The van der Waals surface area contributed by atoms with E-state index < -0.39 is 27.6 Å². The van der Waals surface area contributed by atoms with Crippen molar-refractivity contribution >= 4 is 60.2 Å². The lowest BCUT2D eigenvalue weighted by Crippen LogP contribution is -2.35. The van der Waals surface area contributed by atoms with Crippen LogP contribution >= 0.6 is 11.3 Å². The molecule has 0 spiro atoms. The fraction of sp³-hybridized carbons (Fsp3) is 0.368. The molecule has 3 amide bonds. The SMILES string of the molecule is Cc1c(-c2ccc(N3CCc4cccc(C(=O)Nc5nc6ccccc6s5)c4C3)nc2C(=O)NS(=O)(=O)CCCC(N)=O)cnn1CC1CCCCC1. The molecule has 0 atom stereocenters. The number of nitrogens with two attached hydrogens (primary N) is 1. The maximum atomic E-state index is 13.9.